The molecular formula is C38H43ClF4N10O6S2. The molecule has 0 unspecified atom stereocenters. The third kappa shape index (κ3) is 11.6. The minimum Gasteiger partial charge on any atom is -0.477 e. The Kier molecular flexibility index (Phi) is 15.2. The quantitative estimate of drug-likeness (QED) is 0.202. The van der Waals surface area contributed by atoms with E-state index in [-0.39, 0.29) is 57.6 Å². The molecule has 2 aliphatic rings. The topological polar surface area (TPSA) is 233 Å². The van der Waals surface area contributed by atoms with Gasteiger partial charge in [0.15, 0.2) is 11.7 Å². The fourth-order valence-electron chi connectivity index (χ4n) is 5.80. The zero-order valence-corrected chi connectivity index (χ0v) is 36.1. The fraction of sp³-hybridized carbons (Fsp3) is 0.316. The summed E-state index contributed by atoms with van der Waals surface area (Å²) < 4.78 is 114. The van der Waals surface area contributed by atoms with E-state index in [9.17, 15) is 34.4 Å². The number of aliphatic hydroxyl groups excluding tert-OH is 1. The van der Waals surface area contributed by atoms with Gasteiger partial charge < -0.3 is 21.3 Å². The Bertz CT molecular complexity index is 2590. The first kappa shape index (κ1) is 48.0. The molecule has 0 saturated carbocycles. The van der Waals surface area contributed by atoms with Crippen LogP contribution in [0.4, 0.5) is 17.6 Å². The standard InChI is InChI=1S/C19H21F2N5O3S.C17H16ClF2N5O2S.C2H6O/c1-4-29-17-10-23-16(9-24-17)15(21)8-12-5-6-14(20)13(7-12)19(2)11-30(27,28)26(3)18(22)25-19;1-17(9-28(26,27)25(2)16(21)24-17)11-5-10(3-4-12(11)19)6-13(20)14-7-23-15(18)8-22-14;1-2-3/h5-10H,4,11H2,1-3H3,(H2,22,25);3-8H,9H2,1-2H3,(H2,21,24);3H,2H2,1H3/b15-8-;13-6-;/t19-;17-;/m00./s1. The third-order valence-electron chi connectivity index (χ3n) is 8.89. The van der Waals surface area contributed by atoms with Crippen LogP contribution in [-0.4, -0.2) is 101 Å². The van der Waals surface area contributed by atoms with E-state index in [1.807, 2.05) is 0 Å². The summed E-state index contributed by atoms with van der Waals surface area (Å²) in [4.78, 5) is 23.8. The van der Waals surface area contributed by atoms with Crippen molar-refractivity contribution in [1.29, 1.82) is 0 Å². The molecule has 4 aromatic rings. The highest BCUT2D eigenvalue weighted by Crippen LogP contribution is 2.36. The van der Waals surface area contributed by atoms with Crippen LogP contribution in [0.1, 0.15) is 61.3 Å². The van der Waals surface area contributed by atoms with Crippen molar-refractivity contribution >= 4 is 67.4 Å². The van der Waals surface area contributed by atoms with Crippen molar-refractivity contribution < 1.29 is 44.2 Å². The lowest BCUT2D eigenvalue weighted by molar-refractivity contribution is 0.318. The van der Waals surface area contributed by atoms with Gasteiger partial charge in [-0.25, -0.2) is 72.9 Å². The molecule has 16 nitrogen and oxygen atoms in total. The number of benzene rings is 2. The van der Waals surface area contributed by atoms with Crippen molar-refractivity contribution in [3.63, 3.8) is 0 Å². The van der Waals surface area contributed by atoms with Crippen molar-refractivity contribution in [3.05, 3.63) is 112 Å². The molecular weight excluding hydrogens is 868 g/mol. The summed E-state index contributed by atoms with van der Waals surface area (Å²) in [7, 11) is -5.01. The van der Waals surface area contributed by atoms with Crippen molar-refractivity contribution in [2.24, 2.45) is 21.5 Å². The van der Waals surface area contributed by atoms with Crippen LogP contribution in [0.5, 0.6) is 5.88 Å². The van der Waals surface area contributed by atoms with E-state index in [4.69, 9.17) is 32.9 Å². The smallest absolute Gasteiger partial charge is 0.239 e. The van der Waals surface area contributed by atoms with E-state index >= 15 is 0 Å². The van der Waals surface area contributed by atoms with Crippen molar-refractivity contribution in [3.8, 4) is 5.88 Å². The molecule has 0 fully saturated rings. The van der Waals surface area contributed by atoms with Gasteiger partial charge >= 0.3 is 0 Å². The fourth-order valence-corrected chi connectivity index (χ4v) is 8.80. The van der Waals surface area contributed by atoms with Gasteiger partial charge in [-0.2, -0.15) is 0 Å². The Morgan fingerprint density at radius 3 is 1.52 bits per heavy atom. The van der Waals surface area contributed by atoms with Crippen LogP contribution in [0.25, 0.3) is 23.8 Å². The van der Waals surface area contributed by atoms with Gasteiger partial charge in [0.1, 0.15) is 39.3 Å². The Balaban J connectivity index is 0.000000253. The van der Waals surface area contributed by atoms with Crippen LogP contribution in [0.3, 0.4) is 0 Å². The number of ether oxygens (including phenoxy) is 1. The van der Waals surface area contributed by atoms with Gasteiger partial charge in [0.05, 0.1) is 42.9 Å². The molecule has 0 saturated heterocycles. The zero-order valence-electron chi connectivity index (χ0n) is 33.7. The summed E-state index contributed by atoms with van der Waals surface area (Å²) >= 11 is 5.63. The molecule has 23 heteroatoms. The first-order valence-electron chi connectivity index (χ1n) is 18.0. The lowest BCUT2D eigenvalue weighted by Gasteiger charge is -2.34. The predicted octanol–water partition coefficient (Wildman–Crippen LogP) is 4.83. The number of rotatable bonds is 8. The van der Waals surface area contributed by atoms with Gasteiger partial charge in [-0.1, -0.05) is 23.7 Å². The molecule has 0 spiro atoms. The summed E-state index contributed by atoms with van der Waals surface area (Å²) in [6.07, 6.45) is 7.14. The SMILES string of the molecule is CCO.CCOc1cnc(/C(F)=C/c2ccc(F)c([C@]3(C)CS(=O)(=O)N(C)C(N)=N3)c2)cn1.CN1C(N)=N[C@](C)(c2cc(/C=C(\F)c3cnc(Cl)cn3)ccc2F)CS1(=O)=O. The number of halogens is 5. The summed E-state index contributed by atoms with van der Waals surface area (Å²) in [5.41, 5.74) is 8.98. The van der Waals surface area contributed by atoms with Gasteiger partial charge in [0.25, 0.3) is 0 Å². The number of aliphatic hydroxyl groups is 1. The van der Waals surface area contributed by atoms with Crippen molar-refractivity contribution in [1.82, 2.24) is 28.5 Å². The second kappa shape index (κ2) is 19.3. The van der Waals surface area contributed by atoms with Crippen LogP contribution in [-0.2, 0) is 31.1 Å². The van der Waals surface area contributed by atoms with E-state index in [1.165, 1.54) is 70.8 Å². The predicted molar refractivity (Wildman–Crippen MR) is 225 cm³/mol. The van der Waals surface area contributed by atoms with Crippen LogP contribution in [0.15, 0.2) is 71.2 Å². The normalized spacial score (nSPS) is 20.9. The summed E-state index contributed by atoms with van der Waals surface area (Å²) in [6, 6.07) is 7.62. The van der Waals surface area contributed by atoms with Gasteiger partial charge in [-0.15, -0.1) is 0 Å². The average molecular weight is 911 g/mol. The highest BCUT2D eigenvalue weighted by Gasteiger charge is 2.43. The zero-order chi connectivity index (χ0) is 45.5. The highest BCUT2D eigenvalue weighted by molar-refractivity contribution is 7.90. The largest absolute Gasteiger partial charge is 0.477 e. The Hall–Kier alpha value is -5.71. The second-order valence-corrected chi connectivity index (χ2v) is 18.0. The number of sulfonamides is 2. The van der Waals surface area contributed by atoms with Gasteiger partial charge in [0.2, 0.25) is 37.8 Å². The number of hydrogen-bond donors (Lipinski definition) is 3. The lowest BCUT2D eigenvalue weighted by atomic mass is 9.92. The lowest BCUT2D eigenvalue weighted by Crippen LogP contribution is -2.50. The maximum atomic E-state index is 14.6. The Morgan fingerprint density at radius 1 is 0.770 bits per heavy atom. The highest BCUT2D eigenvalue weighted by atomic mass is 35.5. The molecule has 5 N–H and O–H groups in total. The molecule has 2 aliphatic heterocycles. The van der Waals surface area contributed by atoms with Crippen molar-refractivity contribution in [2.45, 2.75) is 38.8 Å². The van der Waals surface area contributed by atoms with Gasteiger partial charge in [-0.3, -0.25) is 0 Å². The second-order valence-electron chi connectivity index (χ2n) is 13.6. The van der Waals surface area contributed by atoms with E-state index < -0.39 is 65.9 Å². The van der Waals surface area contributed by atoms with E-state index in [1.54, 1.807) is 13.8 Å². The average Bonchev–Trinajstić information content (AvgIpc) is 3.18. The number of aromatic nitrogens is 4. The minimum atomic E-state index is -3.78. The van der Waals surface area contributed by atoms with Crippen LogP contribution < -0.4 is 16.2 Å². The molecule has 0 amide bonds. The van der Waals surface area contributed by atoms with Crippen molar-refractivity contribution in [2.75, 3.05) is 38.8 Å². The Morgan fingerprint density at radius 2 is 1.18 bits per heavy atom. The molecule has 328 valence electrons. The number of nitrogens with two attached hydrogens (primary N) is 2. The van der Waals surface area contributed by atoms with E-state index in [0.717, 1.165) is 39.1 Å². The van der Waals surface area contributed by atoms with Crippen LogP contribution >= 0.6 is 11.6 Å². The molecule has 0 bridgehead atoms. The summed E-state index contributed by atoms with van der Waals surface area (Å²) in [5, 5.41) is 7.69. The molecule has 0 radical (unpaired) electrons. The monoisotopic (exact) mass is 910 g/mol. The molecule has 2 atom stereocenters. The number of aliphatic imine (C=N–C) groups is 2. The summed E-state index contributed by atoms with van der Waals surface area (Å²) in [6.45, 7) is 7.04. The third-order valence-corrected chi connectivity index (χ3v) is 13.0. The first-order valence-corrected chi connectivity index (χ1v) is 21.6. The minimum absolute atomic E-state index is 0.0125. The maximum Gasteiger partial charge on any atom is 0.239 e. The van der Waals surface area contributed by atoms with Gasteiger partial charge in [0, 0.05) is 31.8 Å². The van der Waals surface area contributed by atoms with Gasteiger partial charge in [-0.05, 0) is 75.2 Å². The number of nitrogens with zero attached hydrogens (tertiary/aromatic N) is 8. The number of guanidine groups is 2. The summed E-state index contributed by atoms with van der Waals surface area (Å²) in [5.74, 6) is -3.96. The molecule has 4 heterocycles. The molecule has 61 heavy (non-hydrogen) atoms. The molecule has 2 aromatic heterocycles. The van der Waals surface area contributed by atoms with Crippen LogP contribution in [0.2, 0.25) is 5.15 Å². The van der Waals surface area contributed by atoms with Crippen LogP contribution in [0, 0.1) is 11.6 Å². The van der Waals surface area contributed by atoms with E-state index in [2.05, 4.69) is 29.9 Å². The number of hydrogen-bond acceptors (Lipinski definition) is 14. The first-order chi connectivity index (χ1) is 28.5. The Labute approximate surface area is 355 Å². The van der Waals surface area contributed by atoms with E-state index in [0.29, 0.717) is 12.2 Å². The molecule has 0 aliphatic carbocycles. The maximum absolute atomic E-state index is 14.6. The molecule has 2 aromatic carbocycles. The molecule has 6 rings (SSSR count).